The number of halogens is 3. The van der Waals surface area contributed by atoms with E-state index in [1.165, 1.54) is 16.5 Å². The highest BCUT2D eigenvalue weighted by atomic mass is 35.5. The fourth-order valence-electron chi connectivity index (χ4n) is 5.22. The quantitative estimate of drug-likeness (QED) is 0.218. The van der Waals surface area contributed by atoms with Crippen LogP contribution in [-0.4, -0.2) is 34.9 Å². The summed E-state index contributed by atoms with van der Waals surface area (Å²) in [4.78, 5) is 20.8. The summed E-state index contributed by atoms with van der Waals surface area (Å²) in [7, 11) is 0. The van der Waals surface area contributed by atoms with Crippen molar-refractivity contribution in [1.82, 2.24) is 10.1 Å². The van der Waals surface area contributed by atoms with E-state index in [2.05, 4.69) is 45.5 Å². The number of anilines is 2. The van der Waals surface area contributed by atoms with Crippen molar-refractivity contribution in [2.45, 2.75) is 36.5 Å². The van der Waals surface area contributed by atoms with Gasteiger partial charge in [-0.25, -0.2) is 4.39 Å². The lowest BCUT2D eigenvalue weighted by Crippen LogP contribution is -2.31. The van der Waals surface area contributed by atoms with Gasteiger partial charge >= 0.3 is 0 Å². The average molecular weight is 584 g/mol. The zero-order chi connectivity index (χ0) is 27.1. The number of thioether (sulfide) groups is 1. The van der Waals surface area contributed by atoms with Crippen molar-refractivity contribution in [2.75, 3.05) is 29.1 Å². The van der Waals surface area contributed by atoms with Gasteiger partial charge in [-0.3, -0.25) is 4.79 Å². The summed E-state index contributed by atoms with van der Waals surface area (Å²) in [5, 5.41) is 7.89. The van der Waals surface area contributed by atoms with Crippen LogP contribution in [0, 0.1) is 5.82 Å². The van der Waals surface area contributed by atoms with Gasteiger partial charge < -0.3 is 14.7 Å². The number of rotatable bonds is 8. The summed E-state index contributed by atoms with van der Waals surface area (Å²) in [6.07, 6.45) is 2.37. The lowest BCUT2D eigenvalue weighted by molar-refractivity contribution is -0.115. The number of carbonyl (C=O) groups excluding carboxylic acids is 1. The van der Waals surface area contributed by atoms with E-state index in [1.54, 1.807) is 30.3 Å². The van der Waals surface area contributed by atoms with Crippen LogP contribution in [0.5, 0.6) is 0 Å². The van der Waals surface area contributed by atoms with Gasteiger partial charge in [-0.05, 0) is 73.0 Å². The highest BCUT2D eigenvalue weighted by Gasteiger charge is 2.52. The first kappa shape index (κ1) is 26.2. The Bertz CT molecular complexity index is 1550. The molecule has 1 saturated carbocycles. The molecule has 6 rings (SSSR count). The average Bonchev–Trinajstić information content (AvgIpc) is 3.35. The van der Waals surface area contributed by atoms with Crippen LogP contribution in [0.2, 0.25) is 10.0 Å². The number of hydrogen-bond acceptors (Lipinski definition) is 6. The number of nitrogens with zero attached hydrogens (tertiary/aromatic N) is 3. The first-order valence-corrected chi connectivity index (χ1v) is 14.5. The molecule has 1 aliphatic heterocycles. The van der Waals surface area contributed by atoms with Crippen LogP contribution in [0.15, 0.2) is 64.0 Å². The normalized spacial score (nSPS) is 15.3. The molecule has 3 aromatic carbocycles. The Kier molecular flexibility index (Phi) is 7.04. The van der Waals surface area contributed by atoms with E-state index < -0.39 is 11.2 Å². The first-order chi connectivity index (χ1) is 18.9. The van der Waals surface area contributed by atoms with Crippen molar-refractivity contribution in [1.29, 1.82) is 0 Å². The minimum Gasteiger partial charge on any atom is -0.362 e. The van der Waals surface area contributed by atoms with E-state index in [0.717, 1.165) is 37.2 Å². The fourth-order valence-corrected chi connectivity index (χ4v) is 6.79. The third-order valence-corrected chi connectivity index (χ3v) is 8.67. The van der Waals surface area contributed by atoms with Crippen molar-refractivity contribution in [3.63, 3.8) is 0 Å². The Balaban J connectivity index is 1.18. The SMILES string of the molecule is CCSc1ccc2c(c1)CCN2CC(=O)Nc1cc(Cl)c(C2(c3noc(-c4ccccc4F)n3)CC2)c(Cl)c1. The van der Waals surface area contributed by atoms with E-state index in [4.69, 9.17) is 27.7 Å². The van der Waals surface area contributed by atoms with E-state index in [-0.39, 0.29) is 23.9 Å². The number of hydrogen-bond donors (Lipinski definition) is 1. The summed E-state index contributed by atoms with van der Waals surface area (Å²) in [6.45, 7) is 3.17. The lowest BCUT2D eigenvalue weighted by atomic mass is 9.94. The maximum Gasteiger partial charge on any atom is 0.260 e. The largest absolute Gasteiger partial charge is 0.362 e. The van der Waals surface area contributed by atoms with E-state index >= 15 is 0 Å². The third kappa shape index (κ3) is 5.01. The summed E-state index contributed by atoms with van der Waals surface area (Å²) < 4.78 is 19.6. The van der Waals surface area contributed by atoms with Crippen molar-refractivity contribution in [3.05, 3.63) is 87.4 Å². The van der Waals surface area contributed by atoms with E-state index in [0.29, 0.717) is 27.1 Å². The maximum absolute atomic E-state index is 14.2. The summed E-state index contributed by atoms with van der Waals surface area (Å²) in [5.41, 5.74) is 3.19. The molecule has 0 atom stereocenters. The number of benzene rings is 3. The third-order valence-electron chi connectivity index (χ3n) is 7.20. The van der Waals surface area contributed by atoms with E-state index in [1.807, 2.05) is 11.8 Å². The van der Waals surface area contributed by atoms with Gasteiger partial charge in [-0.15, -0.1) is 11.8 Å². The van der Waals surface area contributed by atoms with Crippen molar-refractivity contribution < 1.29 is 13.7 Å². The zero-order valence-electron chi connectivity index (χ0n) is 21.1. The van der Waals surface area contributed by atoms with Gasteiger partial charge in [-0.2, -0.15) is 4.98 Å². The highest BCUT2D eigenvalue weighted by Crippen LogP contribution is 2.57. The Morgan fingerprint density at radius 3 is 2.64 bits per heavy atom. The van der Waals surface area contributed by atoms with Crippen LogP contribution in [0.3, 0.4) is 0 Å². The monoisotopic (exact) mass is 582 g/mol. The summed E-state index contributed by atoms with van der Waals surface area (Å²) in [5.74, 6) is 0.957. The molecule has 4 aromatic rings. The smallest absolute Gasteiger partial charge is 0.260 e. The molecule has 2 heterocycles. The van der Waals surface area contributed by atoms with Gasteiger partial charge in [0.15, 0.2) is 5.82 Å². The van der Waals surface area contributed by atoms with Crippen LogP contribution in [-0.2, 0) is 16.6 Å². The van der Waals surface area contributed by atoms with Crippen LogP contribution in [0.25, 0.3) is 11.5 Å². The number of amides is 1. The van der Waals surface area contributed by atoms with Crippen molar-refractivity contribution in [3.8, 4) is 11.5 Å². The van der Waals surface area contributed by atoms with Gasteiger partial charge in [0.25, 0.3) is 5.89 Å². The molecule has 1 N–H and O–H groups in total. The van der Waals surface area contributed by atoms with E-state index in [9.17, 15) is 9.18 Å². The molecule has 39 heavy (non-hydrogen) atoms. The second-order valence-electron chi connectivity index (χ2n) is 9.74. The molecular weight excluding hydrogens is 558 g/mol. The van der Waals surface area contributed by atoms with Crippen LogP contribution in [0.1, 0.15) is 36.7 Å². The molecule has 6 nitrogen and oxygen atoms in total. The minimum atomic E-state index is -0.613. The second kappa shape index (κ2) is 10.5. The minimum absolute atomic E-state index is 0.106. The predicted octanol–water partition coefficient (Wildman–Crippen LogP) is 7.38. The molecule has 1 aliphatic carbocycles. The van der Waals surface area contributed by atoms with Crippen LogP contribution < -0.4 is 10.2 Å². The molecule has 10 heteroatoms. The summed E-state index contributed by atoms with van der Waals surface area (Å²) >= 11 is 15.3. The predicted molar refractivity (Wildman–Crippen MR) is 154 cm³/mol. The maximum atomic E-state index is 14.2. The molecular formula is C29H25Cl2FN4O2S. The molecule has 0 unspecified atom stereocenters. The van der Waals surface area contributed by atoms with Crippen LogP contribution in [0.4, 0.5) is 15.8 Å². The Labute approximate surface area is 239 Å². The van der Waals surface area contributed by atoms with Gasteiger partial charge in [0.2, 0.25) is 5.91 Å². The van der Waals surface area contributed by atoms with Gasteiger partial charge in [0.1, 0.15) is 5.82 Å². The second-order valence-corrected chi connectivity index (χ2v) is 11.9. The molecule has 200 valence electrons. The number of aromatic nitrogens is 2. The van der Waals surface area contributed by atoms with Gasteiger partial charge in [0, 0.05) is 38.4 Å². The zero-order valence-corrected chi connectivity index (χ0v) is 23.5. The molecule has 0 spiro atoms. The topological polar surface area (TPSA) is 71.3 Å². The van der Waals surface area contributed by atoms with Gasteiger partial charge in [0.05, 0.1) is 17.5 Å². The molecule has 0 saturated heterocycles. The standard InChI is InChI=1S/C29H25Cl2FN4O2S/c1-2-39-19-7-8-24-17(13-19)9-12-36(24)16-25(37)33-18-14-21(30)26(22(31)15-18)29(10-11-29)28-34-27(38-35-28)20-5-3-4-6-23(20)32/h3-8,13-15H,2,9-12,16H2,1H3,(H,33,37). The lowest BCUT2D eigenvalue weighted by Gasteiger charge is -2.20. The molecule has 1 aromatic heterocycles. The first-order valence-electron chi connectivity index (χ1n) is 12.8. The van der Waals surface area contributed by atoms with Crippen molar-refractivity contribution in [2.24, 2.45) is 0 Å². The molecule has 1 fully saturated rings. The Morgan fingerprint density at radius 1 is 1.15 bits per heavy atom. The molecule has 2 aliphatic rings. The summed E-state index contributed by atoms with van der Waals surface area (Å²) in [6, 6.07) is 16.1. The van der Waals surface area contributed by atoms with Gasteiger partial charge in [-0.1, -0.05) is 47.4 Å². The number of fused-ring (bicyclic) bond motifs is 1. The number of nitrogens with one attached hydrogen (secondary N) is 1. The fraction of sp³-hybridized carbons (Fsp3) is 0.276. The molecule has 0 bridgehead atoms. The Hall–Kier alpha value is -3.07. The molecule has 0 radical (unpaired) electrons. The van der Waals surface area contributed by atoms with Crippen molar-refractivity contribution >= 4 is 52.2 Å². The molecule has 1 amide bonds. The van der Waals surface area contributed by atoms with Crippen LogP contribution >= 0.6 is 35.0 Å². The highest BCUT2D eigenvalue weighted by molar-refractivity contribution is 7.99. The number of carbonyl (C=O) groups is 1. The Morgan fingerprint density at radius 2 is 1.92 bits per heavy atom.